The molecule has 1 aliphatic rings. The van der Waals surface area contributed by atoms with Crippen molar-refractivity contribution in [2.45, 2.75) is 31.0 Å². The summed E-state index contributed by atoms with van der Waals surface area (Å²) in [5.41, 5.74) is 0.811. The number of carbonyl (C=O) groups is 1. The first kappa shape index (κ1) is 32.3. The number of alkyl halides is 3. The van der Waals surface area contributed by atoms with Crippen molar-refractivity contribution in [3.63, 3.8) is 0 Å². The Bertz CT molecular complexity index is 1640. The molecule has 1 N–H and O–H groups in total. The molecule has 0 amide bonds. The first-order valence-electron chi connectivity index (χ1n) is 13.3. The fourth-order valence-corrected chi connectivity index (χ4v) is 6.67. The summed E-state index contributed by atoms with van der Waals surface area (Å²) in [5.74, 6) is -1.51. The molecule has 0 spiro atoms. The first-order valence-corrected chi connectivity index (χ1v) is 15.1. The number of carboxylic acid groups (broad SMARTS) is 1. The molecule has 0 aliphatic carbocycles. The van der Waals surface area contributed by atoms with E-state index >= 15 is 0 Å². The second-order valence-corrected chi connectivity index (χ2v) is 12.5. The monoisotopic (exact) mass is 639 g/mol. The summed E-state index contributed by atoms with van der Waals surface area (Å²) in [6, 6.07) is 12.1. The third kappa shape index (κ3) is 6.97. The molecule has 1 unspecified atom stereocenters. The molecule has 230 valence electrons. The number of fused-ring (bicyclic) bond motifs is 1. The van der Waals surface area contributed by atoms with Crippen molar-refractivity contribution in [3.05, 3.63) is 88.2 Å². The summed E-state index contributed by atoms with van der Waals surface area (Å²) in [6.07, 6.45) is -3.09. The maximum absolute atomic E-state index is 14.6. The van der Waals surface area contributed by atoms with Gasteiger partial charge in [-0.15, -0.1) is 0 Å². The Labute approximate surface area is 252 Å². The van der Waals surface area contributed by atoms with Crippen molar-refractivity contribution in [1.29, 1.82) is 0 Å². The van der Waals surface area contributed by atoms with E-state index in [1.54, 1.807) is 56.1 Å². The van der Waals surface area contributed by atoms with Gasteiger partial charge >= 0.3 is 12.1 Å². The maximum atomic E-state index is 14.6. The molecule has 1 heterocycles. The highest BCUT2D eigenvalue weighted by atomic mass is 35.5. The van der Waals surface area contributed by atoms with Crippen LogP contribution in [0.2, 0.25) is 5.02 Å². The molecule has 13 heteroatoms. The number of likely N-dealkylation sites (N-methyl/N-ethyl adjacent to an activating group) is 1. The first-order chi connectivity index (χ1) is 20.1. The van der Waals surface area contributed by atoms with E-state index in [4.69, 9.17) is 11.6 Å². The van der Waals surface area contributed by atoms with E-state index in [9.17, 15) is 35.9 Å². The maximum Gasteiger partial charge on any atom is 0.416 e. The number of aliphatic carboxylic acids is 1. The molecule has 0 radical (unpaired) electrons. The zero-order valence-corrected chi connectivity index (χ0v) is 25.1. The van der Waals surface area contributed by atoms with Crippen LogP contribution in [0.15, 0.2) is 65.6 Å². The predicted octanol–water partition coefficient (Wildman–Crippen LogP) is 6.48. The fraction of sp³-hybridized carbons (Fsp3) is 0.300. The van der Waals surface area contributed by atoms with Crippen LogP contribution in [0.5, 0.6) is 0 Å². The average Bonchev–Trinajstić information content (AvgIpc) is 2.94. The lowest BCUT2D eigenvalue weighted by atomic mass is 10.0. The van der Waals surface area contributed by atoms with Crippen molar-refractivity contribution in [3.8, 4) is 0 Å². The quantitative estimate of drug-likeness (QED) is 0.213. The SMILES string of the molecule is C/C(=C\c1ccc2c(c1)N(S(=O)(=O)c1cccc(C(F)(F)F)c1)CCN2CCN(C)C(C)C(=O)O)c1c(F)cccc1Cl. The topological polar surface area (TPSA) is 81.2 Å². The fourth-order valence-electron chi connectivity index (χ4n) is 4.85. The van der Waals surface area contributed by atoms with Crippen molar-refractivity contribution in [2.75, 3.05) is 42.4 Å². The van der Waals surface area contributed by atoms with Crippen molar-refractivity contribution in [1.82, 2.24) is 4.90 Å². The van der Waals surface area contributed by atoms with Crippen LogP contribution in [0.4, 0.5) is 28.9 Å². The van der Waals surface area contributed by atoms with Crippen LogP contribution < -0.4 is 9.21 Å². The molecule has 1 aliphatic heterocycles. The molecule has 3 aromatic carbocycles. The van der Waals surface area contributed by atoms with E-state index < -0.39 is 44.5 Å². The third-order valence-corrected chi connectivity index (χ3v) is 9.54. The highest BCUT2D eigenvalue weighted by Crippen LogP contribution is 2.39. The number of benzene rings is 3. The second-order valence-electron chi connectivity index (χ2n) is 10.3. The van der Waals surface area contributed by atoms with Gasteiger partial charge in [0.2, 0.25) is 0 Å². The Morgan fingerprint density at radius 1 is 1.09 bits per heavy atom. The highest BCUT2D eigenvalue weighted by molar-refractivity contribution is 7.92. The minimum atomic E-state index is -4.73. The molecule has 4 rings (SSSR count). The summed E-state index contributed by atoms with van der Waals surface area (Å²) >= 11 is 6.23. The molecular formula is C30H30ClF4N3O4S. The summed E-state index contributed by atoms with van der Waals surface area (Å²) in [7, 11) is -2.77. The number of allylic oxidation sites excluding steroid dienone is 1. The number of nitrogens with zero attached hydrogens (tertiary/aromatic N) is 3. The molecular weight excluding hydrogens is 610 g/mol. The Balaban J connectivity index is 1.78. The molecule has 0 fully saturated rings. The smallest absolute Gasteiger partial charge is 0.416 e. The lowest BCUT2D eigenvalue weighted by molar-refractivity contribution is -0.142. The van der Waals surface area contributed by atoms with Gasteiger partial charge in [0.25, 0.3) is 10.0 Å². The Morgan fingerprint density at radius 3 is 2.44 bits per heavy atom. The zero-order chi connectivity index (χ0) is 31.7. The van der Waals surface area contributed by atoms with Gasteiger partial charge in [-0.05, 0) is 74.5 Å². The minimum absolute atomic E-state index is 0.0743. The molecule has 0 aromatic heterocycles. The van der Waals surface area contributed by atoms with Gasteiger partial charge in [-0.3, -0.25) is 14.0 Å². The van der Waals surface area contributed by atoms with Crippen LogP contribution >= 0.6 is 11.6 Å². The predicted molar refractivity (Wildman–Crippen MR) is 159 cm³/mol. The molecule has 0 bridgehead atoms. The van der Waals surface area contributed by atoms with Crippen LogP contribution in [0.1, 0.15) is 30.5 Å². The second kappa shape index (κ2) is 12.6. The minimum Gasteiger partial charge on any atom is -0.480 e. The van der Waals surface area contributed by atoms with Gasteiger partial charge in [0, 0.05) is 25.2 Å². The van der Waals surface area contributed by atoms with Gasteiger partial charge in [-0.1, -0.05) is 35.9 Å². The third-order valence-electron chi connectivity index (χ3n) is 7.41. The number of sulfonamides is 1. The van der Waals surface area contributed by atoms with E-state index in [0.717, 1.165) is 22.5 Å². The normalized spacial score (nSPS) is 15.0. The molecule has 7 nitrogen and oxygen atoms in total. The summed E-state index contributed by atoms with van der Waals surface area (Å²) in [5, 5.41) is 9.53. The van der Waals surface area contributed by atoms with Gasteiger partial charge in [0.05, 0.1) is 33.4 Å². The van der Waals surface area contributed by atoms with Crippen LogP contribution in [0.25, 0.3) is 11.6 Å². The Hall–Kier alpha value is -3.61. The summed E-state index contributed by atoms with van der Waals surface area (Å²) < 4.78 is 83.5. The van der Waals surface area contributed by atoms with Gasteiger partial charge in [0.15, 0.2) is 0 Å². The number of anilines is 2. The summed E-state index contributed by atoms with van der Waals surface area (Å²) in [4.78, 5) is 14.4. The number of carboxylic acids is 1. The van der Waals surface area contributed by atoms with E-state index in [1.165, 1.54) is 12.1 Å². The molecule has 43 heavy (non-hydrogen) atoms. The van der Waals surface area contributed by atoms with Crippen LogP contribution in [-0.4, -0.2) is 63.7 Å². The van der Waals surface area contributed by atoms with E-state index in [1.807, 2.05) is 4.90 Å². The average molecular weight is 640 g/mol. The standard InChI is InChI=1S/C30H30ClF4N3O4S/c1-19(28-24(31)8-5-9-25(28)32)16-21-10-11-26-27(17-21)38(15-14-37(26)13-12-36(3)20(2)29(39)40)43(41,42)23-7-4-6-22(18-23)30(33,34)35/h4-11,16-18,20H,12-15H2,1-3H3,(H,39,40)/b19-16+. The van der Waals surface area contributed by atoms with Gasteiger partial charge in [-0.25, -0.2) is 12.8 Å². The van der Waals surface area contributed by atoms with Crippen LogP contribution in [0.3, 0.4) is 0 Å². The van der Waals surface area contributed by atoms with Crippen LogP contribution in [0, 0.1) is 5.82 Å². The largest absolute Gasteiger partial charge is 0.480 e. The molecule has 0 saturated carbocycles. The summed E-state index contributed by atoms with van der Waals surface area (Å²) in [6.45, 7) is 4.05. The van der Waals surface area contributed by atoms with Crippen LogP contribution in [-0.2, 0) is 21.0 Å². The number of halogens is 5. The Morgan fingerprint density at radius 2 is 1.79 bits per heavy atom. The van der Waals surface area contributed by atoms with Gasteiger partial charge in [-0.2, -0.15) is 13.2 Å². The van der Waals surface area contributed by atoms with Crippen molar-refractivity contribution in [2.24, 2.45) is 0 Å². The highest BCUT2D eigenvalue weighted by Gasteiger charge is 2.35. The molecule has 0 saturated heterocycles. The van der Waals surface area contributed by atoms with E-state index in [0.29, 0.717) is 36.0 Å². The van der Waals surface area contributed by atoms with Crippen molar-refractivity contribution >= 4 is 50.6 Å². The molecule has 1 atom stereocenters. The van der Waals surface area contributed by atoms with E-state index in [-0.39, 0.29) is 29.4 Å². The zero-order valence-electron chi connectivity index (χ0n) is 23.6. The van der Waals surface area contributed by atoms with Gasteiger partial charge < -0.3 is 10.0 Å². The number of hydrogen-bond donors (Lipinski definition) is 1. The lowest BCUT2D eigenvalue weighted by Gasteiger charge is -2.39. The number of rotatable bonds is 9. The number of hydrogen-bond acceptors (Lipinski definition) is 5. The molecule has 3 aromatic rings. The van der Waals surface area contributed by atoms with Gasteiger partial charge in [0.1, 0.15) is 11.9 Å². The Kier molecular flexibility index (Phi) is 9.43. The van der Waals surface area contributed by atoms with Crippen molar-refractivity contribution < 1.29 is 35.9 Å². The van der Waals surface area contributed by atoms with E-state index in [2.05, 4.69) is 0 Å². The lowest BCUT2D eigenvalue weighted by Crippen LogP contribution is -2.47.